The standard InChI is InChI=1S/C49H95N2O6P/c1-6-8-10-12-14-16-18-20-22-24-25-26-27-29-31-33-35-37-39-41-43-49(53)50-47(46-57-58(54,55)56-45-44-51(3,4)5)48(52)42-40-38-36-34-32-30-28-23-21-19-17-15-13-11-9-7-2/h21,23,32,34,40,42,47-48,52H,6-20,22,24-31,33,35-39,41,43-46H2,1-5H3,(H-,50,53,54,55)/b23-21+,34-32+,42-40+. The van der Waals surface area contributed by atoms with E-state index in [1.807, 2.05) is 27.2 Å². The highest BCUT2D eigenvalue weighted by atomic mass is 31.2. The Kier molecular flexibility index (Phi) is 40.2. The molecule has 3 unspecified atom stereocenters. The molecule has 0 rings (SSSR count). The van der Waals surface area contributed by atoms with Crippen molar-refractivity contribution in [3.05, 3.63) is 36.5 Å². The molecule has 3 atom stereocenters. The Bertz CT molecular complexity index is 1040. The average Bonchev–Trinajstić information content (AvgIpc) is 3.17. The van der Waals surface area contributed by atoms with Crippen LogP contribution in [0, 0.1) is 0 Å². The van der Waals surface area contributed by atoms with Gasteiger partial charge in [-0.2, -0.15) is 0 Å². The number of hydrogen-bond donors (Lipinski definition) is 2. The number of phosphoric acid groups is 1. The molecule has 58 heavy (non-hydrogen) atoms. The third-order valence-electron chi connectivity index (χ3n) is 10.8. The quantitative estimate of drug-likeness (QED) is 0.0274. The lowest BCUT2D eigenvalue weighted by Crippen LogP contribution is -2.45. The molecule has 0 saturated carbocycles. The molecule has 2 N–H and O–H groups in total. The smallest absolute Gasteiger partial charge is 0.268 e. The van der Waals surface area contributed by atoms with Crippen molar-refractivity contribution in [1.82, 2.24) is 5.32 Å². The molecule has 8 nitrogen and oxygen atoms in total. The number of aliphatic hydroxyl groups excluding tert-OH is 1. The third-order valence-corrected chi connectivity index (χ3v) is 11.8. The summed E-state index contributed by atoms with van der Waals surface area (Å²) in [5.41, 5.74) is 0. The fourth-order valence-electron chi connectivity index (χ4n) is 6.95. The lowest BCUT2D eigenvalue weighted by molar-refractivity contribution is -0.870. The van der Waals surface area contributed by atoms with E-state index < -0.39 is 26.6 Å². The van der Waals surface area contributed by atoms with E-state index in [0.717, 1.165) is 44.9 Å². The molecular weight excluding hydrogens is 744 g/mol. The Morgan fingerprint density at radius 2 is 0.966 bits per heavy atom. The zero-order valence-electron chi connectivity index (χ0n) is 38.8. The van der Waals surface area contributed by atoms with Crippen molar-refractivity contribution >= 4 is 13.7 Å². The molecule has 0 saturated heterocycles. The molecule has 0 radical (unpaired) electrons. The molecule has 0 aliphatic carbocycles. The molecule has 0 fully saturated rings. The molecule has 342 valence electrons. The first-order valence-corrected chi connectivity index (χ1v) is 25.8. The number of phosphoric ester groups is 1. The van der Waals surface area contributed by atoms with Crippen LogP contribution < -0.4 is 10.2 Å². The molecule has 0 aliphatic rings. The van der Waals surface area contributed by atoms with Crippen LogP contribution in [0.4, 0.5) is 0 Å². The van der Waals surface area contributed by atoms with E-state index >= 15 is 0 Å². The van der Waals surface area contributed by atoms with Crippen molar-refractivity contribution in [2.45, 2.75) is 231 Å². The van der Waals surface area contributed by atoms with Gasteiger partial charge in [-0.15, -0.1) is 0 Å². The summed E-state index contributed by atoms with van der Waals surface area (Å²) in [5.74, 6) is -0.209. The molecule has 0 spiro atoms. The van der Waals surface area contributed by atoms with Gasteiger partial charge in [-0.25, -0.2) is 0 Å². The summed E-state index contributed by atoms with van der Waals surface area (Å²) >= 11 is 0. The van der Waals surface area contributed by atoms with Crippen LogP contribution in [0.15, 0.2) is 36.5 Å². The molecule has 0 aromatic carbocycles. The Morgan fingerprint density at radius 3 is 1.40 bits per heavy atom. The Labute approximate surface area is 359 Å². The first kappa shape index (κ1) is 56.7. The minimum absolute atomic E-state index is 0.00774. The summed E-state index contributed by atoms with van der Waals surface area (Å²) in [5, 5.41) is 13.8. The van der Waals surface area contributed by atoms with Crippen LogP contribution in [0.25, 0.3) is 0 Å². The van der Waals surface area contributed by atoms with Crippen molar-refractivity contribution in [1.29, 1.82) is 0 Å². The molecule has 9 heteroatoms. The van der Waals surface area contributed by atoms with E-state index in [1.165, 1.54) is 154 Å². The van der Waals surface area contributed by atoms with Crippen LogP contribution in [0.3, 0.4) is 0 Å². The monoisotopic (exact) mass is 839 g/mol. The first-order valence-electron chi connectivity index (χ1n) is 24.4. The molecule has 0 aliphatic heterocycles. The SMILES string of the molecule is CCCCCCCC/C=C/CC/C=C/CC/C=C/C(O)C(COP(=O)([O-])OCC[N+](C)(C)C)NC(=O)CCCCCCCCCCCCCCCCCCCCCC. The molecule has 1 amide bonds. The van der Waals surface area contributed by atoms with E-state index in [9.17, 15) is 19.4 Å². The van der Waals surface area contributed by atoms with Crippen molar-refractivity contribution in [2.75, 3.05) is 40.9 Å². The molecule has 0 aromatic heterocycles. The number of carbonyl (C=O) groups excluding carboxylic acids is 1. The van der Waals surface area contributed by atoms with Crippen LogP contribution in [-0.4, -0.2) is 68.5 Å². The summed E-state index contributed by atoms with van der Waals surface area (Å²) in [6, 6.07) is -0.906. The van der Waals surface area contributed by atoms with Gasteiger partial charge in [0, 0.05) is 6.42 Å². The van der Waals surface area contributed by atoms with E-state index in [1.54, 1.807) is 6.08 Å². The number of amides is 1. The normalized spacial score (nSPS) is 14.5. The summed E-state index contributed by atoms with van der Waals surface area (Å²) < 4.78 is 23.2. The van der Waals surface area contributed by atoms with Crippen LogP contribution >= 0.6 is 7.82 Å². The number of carbonyl (C=O) groups is 1. The predicted molar refractivity (Wildman–Crippen MR) is 247 cm³/mol. The van der Waals surface area contributed by atoms with E-state index in [4.69, 9.17) is 9.05 Å². The largest absolute Gasteiger partial charge is 0.756 e. The van der Waals surface area contributed by atoms with Crippen molar-refractivity contribution < 1.29 is 32.9 Å². The van der Waals surface area contributed by atoms with Gasteiger partial charge in [0.1, 0.15) is 13.2 Å². The minimum atomic E-state index is -4.60. The lowest BCUT2D eigenvalue weighted by atomic mass is 10.0. The topological polar surface area (TPSA) is 108 Å². The van der Waals surface area contributed by atoms with Gasteiger partial charge in [0.2, 0.25) is 5.91 Å². The van der Waals surface area contributed by atoms with Crippen LogP contribution in [-0.2, 0) is 18.4 Å². The fourth-order valence-corrected chi connectivity index (χ4v) is 7.67. The number of hydrogen-bond acceptors (Lipinski definition) is 6. The number of rotatable bonds is 44. The van der Waals surface area contributed by atoms with Crippen molar-refractivity contribution in [2.24, 2.45) is 0 Å². The summed E-state index contributed by atoms with van der Waals surface area (Å²) in [4.78, 5) is 25.3. The lowest BCUT2D eigenvalue weighted by Gasteiger charge is -2.29. The zero-order valence-corrected chi connectivity index (χ0v) is 39.6. The van der Waals surface area contributed by atoms with Gasteiger partial charge in [0.15, 0.2) is 0 Å². The number of allylic oxidation sites excluding steroid dienone is 5. The number of quaternary nitrogens is 1. The first-order chi connectivity index (χ1) is 28.0. The van der Waals surface area contributed by atoms with Gasteiger partial charge in [-0.3, -0.25) is 9.36 Å². The average molecular weight is 839 g/mol. The van der Waals surface area contributed by atoms with Gasteiger partial charge in [-0.1, -0.05) is 204 Å². The van der Waals surface area contributed by atoms with Gasteiger partial charge >= 0.3 is 0 Å². The Hall–Kier alpha value is -1.28. The van der Waals surface area contributed by atoms with E-state index in [2.05, 4.69) is 43.5 Å². The third kappa shape index (κ3) is 42.8. The van der Waals surface area contributed by atoms with Crippen LogP contribution in [0.1, 0.15) is 219 Å². The van der Waals surface area contributed by atoms with Gasteiger partial charge in [-0.05, 0) is 44.9 Å². The Morgan fingerprint density at radius 1 is 0.586 bits per heavy atom. The summed E-state index contributed by atoms with van der Waals surface area (Å²) in [7, 11) is 1.24. The molecule has 0 bridgehead atoms. The second kappa shape index (κ2) is 41.1. The predicted octanol–water partition coefficient (Wildman–Crippen LogP) is 13.2. The highest BCUT2D eigenvalue weighted by Gasteiger charge is 2.23. The maximum Gasteiger partial charge on any atom is 0.268 e. The van der Waals surface area contributed by atoms with Gasteiger partial charge in [0.05, 0.1) is 39.9 Å². The summed E-state index contributed by atoms with van der Waals surface area (Å²) in [6.07, 6.45) is 50.5. The van der Waals surface area contributed by atoms with Gasteiger partial charge in [0.25, 0.3) is 7.82 Å². The highest BCUT2D eigenvalue weighted by Crippen LogP contribution is 2.38. The van der Waals surface area contributed by atoms with Crippen molar-refractivity contribution in [3.63, 3.8) is 0 Å². The maximum atomic E-state index is 12.9. The van der Waals surface area contributed by atoms with E-state index in [0.29, 0.717) is 17.4 Å². The second-order valence-electron chi connectivity index (χ2n) is 17.8. The number of nitrogens with zero attached hydrogens (tertiary/aromatic N) is 1. The van der Waals surface area contributed by atoms with Gasteiger partial charge < -0.3 is 28.8 Å². The second-order valence-corrected chi connectivity index (χ2v) is 19.2. The van der Waals surface area contributed by atoms with Crippen molar-refractivity contribution in [3.8, 4) is 0 Å². The molecular formula is C49H95N2O6P. The number of likely N-dealkylation sites (N-methyl/N-ethyl adjacent to an activating group) is 1. The zero-order chi connectivity index (χ0) is 42.8. The minimum Gasteiger partial charge on any atom is -0.756 e. The number of aliphatic hydroxyl groups is 1. The van der Waals surface area contributed by atoms with Crippen LogP contribution in [0.5, 0.6) is 0 Å². The summed E-state index contributed by atoms with van der Waals surface area (Å²) in [6.45, 7) is 4.62. The number of nitrogens with one attached hydrogen (secondary N) is 1. The van der Waals surface area contributed by atoms with E-state index in [-0.39, 0.29) is 12.5 Å². The highest BCUT2D eigenvalue weighted by molar-refractivity contribution is 7.45. The molecule has 0 aromatic rings. The molecule has 0 heterocycles. The maximum absolute atomic E-state index is 12.9. The van der Waals surface area contributed by atoms with Crippen LogP contribution in [0.2, 0.25) is 0 Å². The fraction of sp³-hybridized carbons (Fsp3) is 0.857. The number of unbranched alkanes of at least 4 members (excludes halogenated alkanes) is 27. The Balaban J connectivity index is 4.38.